The van der Waals surface area contributed by atoms with E-state index in [1.807, 2.05) is 23.1 Å². The van der Waals surface area contributed by atoms with Gasteiger partial charge in [0.25, 0.3) is 11.8 Å². The Balaban J connectivity index is 1.18. The van der Waals surface area contributed by atoms with E-state index in [4.69, 9.17) is 4.42 Å². The molecule has 2 amide bonds. The van der Waals surface area contributed by atoms with E-state index in [1.165, 1.54) is 17.7 Å². The van der Waals surface area contributed by atoms with Crippen LogP contribution in [0, 0.1) is 0 Å². The highest BCUT2D eigenvalue weighted by molar-refractivity contribution is 5.93. The molecule has 1 N–H and O–H groups in total. The Kier molecular flexibility index (Phi) is 7.50. The van der Waals surface area contributed by atoms with E-state index in [9.17, 15) is 23.2 Å². The van der Waals surface area contributed by atoms with Gasteiger partial charge in [-0.15, -0.1) is 0 Å². The molecule has 2 aromatic carbocycles. The summed E-state index contributed by atoms with van der Waals surface area (Å²) >= 11 is 0. The van der Waals surface area contributed by atoms with Gasteiger partial charge in [0.2, 0.25) is 5.91 Å². The molecule has 3 heterocycles. The number of piperidine rings is 1. The summed E-state index contributed by atoms with van der Waals surface area (Å²) in [6.07, 6.45) is 5.23. The molecular weight excluding hydrogens is 504 g/mol. The number of alkyl halides is 2. The predicted octanol–water partition coefficient (Wildman–Crippen LogP) is 4.98. The molecule has 2 saturated heterocycles. The molecule has 9 heteroatoms. The summed E-state index contributed by atoms with van der Waals surface area (Å²) in [5.41, 5.74) is 2.79. The van der Waals surface area contributed by atoms with Crippen molar-refractivity contribution in [1.82, 2.24) is 10.2 Å². The molecule has 0 spiro atoms. The van der Waals surface area contributed by atoms with Crippen molar-refractivity contribution in [3.8, 4) is 0 Å². The molecule has 0 bridgehead atoms. The molecular formula is C30H31F2N3O4. The second-order valence-electron chi connectivity index (χ2n) is 10.2. The Hall–Kier alpha value is -4.01. The van der Waals surface area contributed by atoms with E-state index in [1.54, 1.807) is 0 Å². The van der Waals surface area contributed by atoms with Gasteiger partial charge in [0.1, 0.15) is 5.58 Å². The number of halogens is 2. The van der Waals surface area contributed by atoms with E-state index in [-0.39, 0.29) is 34.7 Å². The average Bonchev–Trinajstić information content (AvgIpc) is 3.32. The van der Waals surface area contributed by atoms with E-state index in [0.29, 0.717) is 13.0 Å². The fraction of sp³-hybridized carbons (Fsp3) is 0.367. The number of anilines is 1. The first kappa shape index (κ1) is 26.6. The minimum atomic E-state index is -3.09. The van der Waals surface area contributed by atoms with Crippen LogP contribution in [0.3, 0.4) is 0 Å². The molecule has 0 saturated carbocycles. The summed E-state index contributed by atoms with van der Waals surface area (Å²) in [7, 11) is 0. The molecule has 0 aliphatic carbocycles. The minimum Gasteiger partial charge on any atom is -0.451 e. The van der Waals surface area contributed by atoms with E-state index < -0.39 is 17.3 Å². The van der Waals surface area contributed by atoms with Gasteiger partial charge in [-0.1, -0.05) is 29.8 Å². The van der Waals surface area contributed by atoms with Crippen LogP contribution in [-0.4, -0.2) is 42.9 Å². The van der Waals surface area contributed by atoms with Gasteiger partial charge in [-0.2, -0.15) is 0 Å². The number of nitrogens with one attached hydrogen (secondary N) is 1. The van der Waals surface area contributed by atoms with Gasteiger partial charge in [0, 0.05) is 63.4 Å². The topological polar surface area (TPSA) is 82.9 Å². The average molecular weight is 536 g/mol. The van der Waals surface area contributed by atoms with E-state index >= 15 is 0 Å². The first-order valence-electron chi connectivity index (χ1n) is 13.2. The van der Waals surface area contributed by atoms with Crippen molar-refractivity contribution in [3.05, 3.63) is 87.3 Å². The zero-order chi connectivity index (χ0) is 27.6. The van der Waals surface area contributed by atoms with Crippen LogP contribution in [0.25, 0.3) is 11.0 Å². The monoisotopic (exact) mass is 535 g/mol. The normalized spacial score (nSPS) is 16.2. The predicted molar refractivity (Wildman–Crippen MR) is 145 cm³/mol. The standard InChI is InChI=1S/C30H31F2N3O4/c1-30(31,32)22-8-9-26-23(17-22)25(36)18-27(39-26)29(38)33-13-10-20-11-15-34(16-12-20)24-6-3-2-5-21(24)19-35-14-4-7-28(35)37/h2-3,5-6,8-10,17-18H,4,7,11-16,19H2,1H3,(H,33,38). The summed E-state index contributed by atoms with van der Waals surface area (Å²) in [6, 6.07) is 12.8. The van der Waals surface area contributed by atoms with Crippen LogP contribution < -0.4 is 15.6 Å². The van der Waals surface area contributed by atoms with Crippen molar-refractivity contribution >= 4 is 28.5 Å². The first-order valence-corrected chi connectivity index (χ1v) is 13.2. The third-order valence-corrected chi connectivity index (χ3v) is 7.38. The summed E-state index contributed by atoms with van der Waals surface area (Å²) in [4.78, 5) is 41.5. The Labute approximate surface area is 225 Å². The van der Waals surface area contributed by atoms with Crippen molar-refractivity contribution < 1.29 is 22.8 Å². The van der Waals surface area contributed by atoms with Gasteiger partial charge in [-0.25, -0.2) is 8.78 Å². The number of hydrogen-bond donors (Lipinski definition) is 1. The molecule has 2 aliphatic rings. The number of rotatable bonds is 7. The zero-order valence-corrected chi connectivity index (χ0v) is 21.8. The summed E-state index contributed by atoms with van der Waals surface area (Å²) in [6.45, 7) is 4.16. The third kappa shape index (κ3) is 6.02. The maximum absolute atomic E-state index is 13.6. The highest BCUT2D eigenvalue weighted by atomic mass is 19.3. The number of nitrogens with zero attached hydrogens (tertiary/aromatic N) is 2. The van der Waals surface area contributed by atoms with Crippen LogP contribution in [0.15, 0.2) is 69.4 Å². The van der Waals surface area contributed by atoms with Gasteiger partial charge in [-0.3, -0.25) is 14.4 Å². The second kappa shape index (κ2) is 11.0. The molecule has 0 atom stereocenters. The highest BCUT2D eigenvalue weighted by Gasteiger charge is 2.26. The van der Waals surface area contributed by atoms with Gasteiger partial charge in [-0.05, 0) is 49.1 Å². The zero-order valence-electron chi connectivity index (χ0n) is 21.8. The first-order chi connectivity index (χ1) is 18.7. The Morgan fingerprint density at radius 3 is 2.54 bits per heavy atom. The third-order valence-electron chi connectivity index (χ3n) is 7.38. The SMILES string of the molecule is CC(F)(F)c1ccc2oc(C(=O)NCC=C3CCN(c4ccccc4CN4CCCC4=O)CC3)cc(=O)c2c1. The van der Waals surface area contributed by atoms with Crippen molar-refractivity contribution in [1.29, 1.82) is 0 Å². The van der Waals surface area contributed by atoms with Crippen molar-refractivity contribution in [2.24, 2.45) is 0 Å². The Morgan fingerprint density at radius 2 is 1.82 bits per heavy atom. The molecule has 0 unspecified atom stereocenters. The molecule has 2 fully saturated rings. The Bertz CT molecular complexity index is 1480. The number of hydrogen-bond acceptors (Lipinski definition) is 5. The lowest BCUT2D eigenvalue weighted by Crippen LogP contribution is -2.33. The Morgan fingerprint density at radius 1 is 1.05 bits per heavy atom. The smallest absolute Gasteiger partial charge is 0.287 e. The van der Waals surface area contributed by atoms with Crippen LogP contribution in [-0.2, 0) is 17.3 Å². The lowest BCUT2D eigenvalue weighted by atomic mass is 10.0. The molecule has 39 heavy (non-hydrogen) atoms. The van der Waals surface area contributed by atoms with Crippen LogP contribution in [0.2, 0.25) is 0 Å². The van der Waals surface area contributed by atoms with Crippen LogP contribution in [0.5, 0.6) is 0 Å². The number of fused-ring (bicyclic) bond motifs is 1. The van der Waals surface area contributed by atoms with Gasteiger partial charge < -0.3 is 19.5 Å². The number of para-hydroxylation sites is 1. The number of carbonyl (C=O) groups excluding carboxylic acids is 2. The van der Waals surface area contributed by atoms with E-state index in [2.05, 4.69) is 22.3 Å². The highest BCUT2D eigenvalue weighted by Crippen LogP contribution is 2.30. The molecule has 2 aliphatic heterocycles. The maximum Gasteiger partial charge on any atom is 0.287 e. The summed E-state index contributed by atoms with van der Waals surface area (Å²) in [5, 5.41) is 2.76. The largest absolute Gasteiger partial charge is 0.451 e. The summed E-state index contributed by atoms with van der Waals surface area (Å²) < 4.78 is 32.8. The number of amides is 2. The maximum atomic E-state index is 13.6. The molecule has 0 radical (unpaired) electrons. The molecule has 3 aromatic rings. The molecule has 204 valence electrons. The lowest BCUT2D eigenvalue weighted by molar-refractivity contribution is -0.128. The summed E-state index contributed by atoms with van der Waals surface area (Å²) in [5.74, 6) is -3.57. The molecule has 1 aromatic heterocycles. The quantitative estimate of drug-likeness (QED) is 0.432. The van der Waals surface area contributed by atoms with Crippen molar-refractivity contribution in [2.45, 2.75) is 45.1 Å². The molecule has 7 nitrogen and oxygen atoms in total. The second-order valence-corrected chi connectivity index (χ2v) is 10.2. The fourth-order valence-electron chi connectivity index (χ4n) is 5.19. The van der Waals surface area contributed by atoms with Crippen LogP contribution in [0.1, 0.15) is 54.3 Å². The van der Waals surface area contributed by atoms with Crippen LogP contribution >= 0.6 is 0 Å². The van der Waals surface area contributed by atoms with Gasteiger partial charge in [0.05, 0.1) is 5.39 Å². The molecule has 5 rings (SSSR count). The van der Waals surface area contributed by atoms with Gasteiger partial charge >= 0.3 is 0 Å². The number of likely N-dealkylation sites (tertiary alicyclic amines) is 1. The number of benzene rings is 2. The van der Waals surface area contributed by atoms with Crippen molar-refractivity contribution in [3.63, 3.8) is 0 Å². The number of carbonyl (C=O) groups is 2. The fourth-order valence-corrected chi connectivity index (χ4v) is 5.19. The van der Waals surface area contributed by atoms with Crippen molar-refractivity contribution in [2.75, 3.05) is 31.1 Å². The van der Waals surface area contributed by atoms with Gasteiger partial charge in [0.15, 0.2) is 11.2 Å². The van der Waals surface area contributed by atoms with Crippen LogP contribution in [0.4, 0.5) is 14.5 Å². The van der Waals surface area contributed by atoms with E-state index in [0.717, 1.165) is 69.2 Å². The minimum absolute atomic E-state index is 0.00746. The lowest BCUT2D eigenvalue weighted by Gasteiger charge is -2.33.